The molecule has 0 spiro atoms. The molecule has 1 aromatic rings. The van der Waals surface area contributed by atoms with Crippen LogP contribution < -0.4 is 0 Å². The molecule has 0 bridgehead atoms. The zero-order chi connectivity index (χ0) is 19.1. The van der Waals surface area contributed by atoms with Crippen LogP contribution in [0.1, 0.15) is 18.9 Å². The molecule has 142 valence electrons. The second-order valence-electron chi connectivity index (χ2n) is 5.97. The van der Waals surface area contributed by atoms with Gasteiger partial charge in [-0.1, -0.05) is 30.7 Å². The molecule has 0 atom stereocenters. The van der Waals surface area contributed by atoms with Gasteiger partial charge < -0.3 is 14.4 Å². The van der Waals surface area contributed by atoms with Gasteiger partial charge in [0, 0.05) is 38.9 Å². The highest BCUT2D eigenvalue weighted by molar-refractivity contribution is 6.36. The first kappa shape index (κ1) is 20.4. The summed E-state index contributed by atoms with van der Waals surface area (Å²) in [5, 5.41) is 0.578. The Labute approximate surface area is 159 Å². The molecule has 0 saturated carbocycles. The molecule has 0 radical (unpaired) electrons. The molecule has 1 aromatic carbocycles. The number of rotatable bonds is 10. The van der Waals surface area contributed by atoms with Gasteiger partial charge in [-0.25, -0.2) is 0 Å². The molecule has 2 amide bonds. The summed E-state index contributed by atoms with van der Waals surface area (Å²) in [6, 6.07) is 6.97. The predicted molar refractivity (Wildman–Crippen MR) is 101 cm³/mol. The first-order valence-electron chi connectivity index (χ1n) is 8.64. The highest BCUT2D eigenvalue weighted by Gasteiger charge is 2.40. The molecule has 6 nitrogen and oxygen atoms in total. The summed E-state index contributed by atoms with van der Waals surface area (Å²) in [5.41, 5.74) is 1.49. The van der Waals surface area contributed by atoms with Crippen molar-refractivity contribution >= 4 is 29.0 Å². The molecule has 0 N–H and O–H groups in total. The summed E-state index contributed by atoms with van der Waals surface area (Å²) < 4.78 is 10.3. The van der Waals surface area contributed by atoms with Gasteiger partial charge in [-0.3, -0.25) is 14.5 Å². The summed E-state index contributed by atoms with van der Waals surface area (Å²) >= 11 is 5.98. The van der Waals surface area contributed by atoms with E-state index in [4.69, 9.17) is 21.1 Å². The molecule has 1 aliphatic rings. The summed E-state index contributed by atoms with van der Waals surface area (Å²) in [7, 11) is 3.21. The van der Waals surface area contributed by atoms with E-state index in [1.165, 1.54) is 4.90 Å². The molecule has 7 heteroatoms. The van der Waals surface area contributed by atoms with Gasteiger partial charge in [-0.2, -0.15) is 0 Å². The fourth-order valence-corrected chi connectivity index (χ4v) is 3.02. The third kappa shape index (κ3) is 4.44. The van der Waals surface area contributed by atoms with E-state index in [1.54, 1.807) is 38.5 Å². The molecular weight excluding hydrogens is 356 g/mol. The van der Waals surface area contributed by atoms with Crippen LogP contribution in [0.25, 0.3) is 5.57 Å². The van der Waals surface area contributed by atoms with Gasteiger partial charge in [0.05, 0.1) is 18.8 Å². The fourth-order valence-electron chi connectivity index (χ4n) is 2.90. The Balaban J connectivity index is 2.51. The average Bonchev–Trinajstić information content (AvgIpc) is 2.88. The van der Waals surface area contributed by atoms with Crippen molar-refractivity contribution in [2.24, 2.45) is 0 Å². The molecule has 0 aromatic heterocycles. The minimum absolute atomic E-state index is 0.269. The van der Waals surface area contributed by atoms with Gasteiger partial charge in [-0.05, 0) is 24.1 Å². The quantitative estimate of drug-likeness (QED) is 0.583. The lowest BCUT2D eigenvalue weighted by atomic mass is 10.0. The van der Waals surface area contributed by atoms with Crippen LogP contribution in [0.5, 0.6) is 0 Å². The number of nitrogens with zero attached hydrogens (tertiary/aromatic N) is 2. The van der Waals surface area contributed by atoms with Gasteiger partial charge in [0.2, 0.25) is 0 Å². The monoisotopic (exact) mass is 380 g/mol. The Morgan fingerprint density at radius 3 is 2.08 bits per heavy atom. The molecule has 1 heterocycles. The number of methoxy groups -OCH3 is 2. The Hall–Kier alpha value is -1.89. The van der Waals surface area contributed by atoms with Crippen molar-refractivity contribution < 1.29 is 19.1 Å². The first-order valence-corrected chi connectivity index (χ1v) is 9.02. The number of benzene rings is 1. The molecule has 0 unspecified atom stereocenters. The van der Waals surface area contributed by atoms with Gasteiger partial charge in [-0.15, -0.1) is 0 Å². The number of hydrogen-bond donors (Lipinski definition) is 0. The van der Waals surface area contributed by atoms with Crippen LogP contribution in [0.4, 0.5) is 0 Å². The maximum Gasteiger partial charge on any atom is 0.277 e. The lowest BCUT2D eigenvalue weighted by Crippen LogP contribution is -2.38. The second-order valence-corrected chi connectivity index (χ2v) is 6.40. The van der Waals surface area contributed by atoms with E-state index in [-0.39, 0.29) is 11.8 Å². The minimum atomic E-state index is -0.269. The highest BCUT2D eigenvalue weighted by atomic mass is 35.5. The number of ether oxygens (including phenoxy) is 2. The molecule has 0 saturated heterocycles. The third-order valence-corrected chi connectivity index (χ3v) is 4.42. The largest absolute Gasteiger partial charge is 0.383 e. The van der Waals surface area contributed by atoms with E-state index in [9.17, 15) is 9.59 Å². The summed E-state index contributed by atoms with van der Waals surface area (Å²) in [5.74, 6) is -0.539. The second kappa shape index (κ2) is 9.71. The summed E-state index contributed by atoms with van der Waals surface area (Å²) in [6.07, 6.45) is 0.703. The van der Waals surface area contributed by atoms with Crippen LogP contribution >= 0.6 is 11.6 Å². The zero-order valence-electron chi connectivity index (χ0n) is 15.5. The maximum absolute atomic E-state index is 13.0. The number of amides is 2. The summed E-state index contributed by atoms with van der Waals surface area (Å²) in [6.45, 7) is 4.19. The normalized spacial score (nSPS) is 14.5. The van der Waals surface area contributed by atoms with E-state index < -0.39 is 0 Å². The standard InChI is InChI=1S/C19H25ClN2O4/c1-4-9-22-18(23)16(14-5-7-15(20)8-6-14)17(19(22)24)21(10-12-25-2)11-13-26-3/h5-8H,4,9-13H2,1-3H3. The molecular formula is C19H25ClN2O4. The van der Waals surface area contributed by atoms with E-state index >= 15 is 0 Å². The Morgan fingerprint density at radius 1 is 1.00 bits per heavy atom. The number of carbonyl (C=O) groups is 2. The van der Waals surface area contributed by atoms with Crippen molar-refractivity contribution in [3.63, 3.8) is 0 Å². The lowest BCUT2D eigenvalue weighted by Gasteiger charge is -2.25. The van der Waals surface area contributed by atoms with Gasteiger partial charge >= 0.3 is 0 Å². The number of imide groups is 1. The Kier molecular flexibility index (Phi) is 7.63. The Bertz CT molecular complexity index is 665. The van der Waals surface area contributed by atoms with Crippen molar-refractivity contribution in [3.05, 3.63) is 40.5 Å². The topological polar surface area (TPSA) is 59.1 Å². The lowest BCUT2D eigenvalue weighted by molar-refractivity contribution is -0.137. The first-order chi connectivity index (χ1) is 12.5. The maximum atomic E-state index is 13.0. The third-order valence-electron chi connectivity index (χ3n) is 4.17. The minimum Gasteiger partial charge on any atom is -0.383 e. The van der Waals surface area contributed by atoms with E-state index in [1.807, 2.05) is 11.8 Å². The van der Waals surface area contributed by atoms with Gasteiger partial charge in [0.15, 0.2) is 0 Å². The van der Waals surface area contributed by atoms with Crippen molar-refractivity contribution in [2.45, 2.75) is 13.3 Å². The van der Waals surface area contributed by atoms with Crippen LogP contribution in [-0.2, 0) is 19.1 Å². The van der Waals surface area contributed by atoms with Crippen LogP contribution in [0.3, 0.4) is 0 Å². The van der Waals surface area contributed by atoms with E-state index in [0.717, 1.165) is 0 Å². The number of carbonyl (C=O) groups excluding carboxylic acids is 2. The van der Waals surface area contributed by atoms with Crippen LogP contribution in [0.2, 0.25) is 5.02 Å². The summed E-state index contributed by atoms with van der Waals surface area (Å²) in [4.78, 5) is 29.2. The Morgan fingerprint density at radius 2 is 1.58 bits per heavy atom. The highest BCUT2D eigenvalue weighted by Crippen LogP contribution is 2.32. The predicted octanol–water partition coefficient (Wildman–Crippen LogP) is 2.42. The van der Waals surface area contributed by atoms with Gasteiger partial charge in [0.25, 0.3) is 11.8 Å². The van der Waals surface area contributed by atoms with Crippen LogP contribution in [0.15, 0.2) is 30.0 Å². The fraction of sp³-hybridized carbons (Fsp3) is 0.474. The molecule has 1 aliphatic heterocycles. The van der Waals surface area contributed by atoms with E-state index in [2.05, 4.69) is 0 Å². The van der Waals surface area contributed by atoms with Crippen molar-refractivity contribution in [1.29, 1.82) is 0 Å². The van der Waals surface area contributed by atoms with E-state index in [0.29, 0.717) is 61.1 Å². The zero-order valence-corrected chi connectivity index (χ0v) is 16.2. The molecule has 26 heavy (non-hydrogen) atoms. The number of halogens is 1. The molecule has 0 aliphatic carbocycles. The number of hydrogen-bond acceptors (Lipinski definition) is 5. The SMILES string of the molecule is CCCN1C(=O)C(c2ccc(Cl)cc2)=C(N(CCOC)CCOC)C1=O. The molecule has 0 fully saturated rings. The smallest absolute Gasteiger partial charge is 0.277 e. The van der Waals surface area contributed by atoms with Gasteiger partial charge in [0.1, 0.15) is 5.70 Å². The average molecular weight is 381 g/mol. The van der Waals surface area contributed by atoms with Crippen molar-refractivity contribution in [3.8, 4) is 0 Å². The van der Waals surface area contributed by atoms with Crippen molar-refractivity contribution in [2.75, 3.05) is 47.1 Å². The molecule has 2 rings (SSSR count). The van der Waals surface area contributed by atoms with Crippen LogP contribution in [0, 0.1) is 0 Å². The van der Waals surface area contributed by atoms with Crippen LogP contribution in [-0.4, -0.2) is 68.7 Å². The van der Waals surface area contributed by atoms with Crippen molar-refractivity contribution in [1.82, 2.24) is 9.80 Å².